The lowest BCUT2D eigenvalue weighted by Gasteiger charge is -2.10. The van der Waals surface area contributed by atoms with E-state index in [1.54, 1.807) is 18.2 Å². The number of anilines is 2. The molecule has 0 heterocycles. The number of rotatable bonds is 7. The lowest BCUT2D eigenvalue weighted by Crippen LogP contribution is -2.20. The van der Waals surface area contributed by atoms with Gasteiger partial charge < -0.3 is 10.1 Å². The zero-order valence-electron chi connectivity index (χ0n) is 14.9. The zero-order chi connectivity index (χ0) is 20.9. The number of amides is 1. The summed E-state index contributed by atoms with van der Waals surface area (Å²) in [6.07, 6.45) is 0. The second kappa shape index (κ2) is 8.93. The summed E-state index contributed by atoms with van der Waals surface area (Å²) in [6, 6.07) is 17.3. The van der Waals surface area contributed by atoms with Crippen LogP contribution in [0.3, 0.4) is 0 Å². The first-order valence-corrected chi connectivity index (χ1v) is 10.2. The van der Waals surface area contributed by atoms with E-state index in [0.717, 1.165) is 0 Å². The number of carbonyl (C=O) groups excluding carboxylic acids is 1. The summed E-state index contributed by atoms with van der Waals surface area (Å²) >= 11 is 5.86. The Bertz CT molecular complexity index is 1100. The number of ether oxygens (including phenoxy) is 1. The van der Waals surface area contributed by atoms with Gasteiger partial charge in [-0.2, -0.15) is 0 Å². The molecule has 3 rings (SSSR count). The van der Waals surface area contributed by atoms with Crippen LogP contribution in [0.15, 0.2) is 77.7 Å². The van der Waals surface area contributed by atoms with Crippen LogP contribution < -0.4 is 14.8 Å². The van der Waals surface area contributed by atoms with Crippen LogP contribution >= 0.6 is 11.6 Å². The zero-order valence-corrected chi connectivity index (χ0v) is 16.5. The van der Waals surface area contributed by atoms with E-state index < -0.39 is 21.7 Å². The molecule has 0 saturated heterocycles. The number of benzene rings is 3. The fourth-order valence-corrected chi connectivity index (χ4v) is 3.60. The van der Waals surface area contributed by atoms with Gasteiger partial charge in [0.1, 0.15) is 11.6 Å². The summed E-state index contributed by atoms with van der Waals surface area (Å²) in [5.41, 5.74) is 0.743. The first kappa shape index (κ1) is 20.6. The third-order valence-electron chi connectivity index (χ3n) is 3.71. The van der Waals surface area contributed by atoms with E-state index in [4.69, 9.17) is 16.3 Å². The van der Waals surface area contributed by atoms with Crippen LogP contribution in [0.4, 0.5) is 15.8 Å². The maximum atomic E-state index is 12.8. The van der Waals surface area contributed by atoms with E-state index in [1.165, 1.54) is 54.6 Å². The number of carbonyl (C=O) groups is 1. The minimum absolute atomic E-state index is 0.0260. The van der Waals surface area contributed by atoms with Gasteiger partial charge in [-0.1, -0.05) is 17.7 Å². The van der Waals surface area contributed by atoms with Crippen molar-refractivity contribution in [1.29, 1.82) is 0 Å². The molecule has 0 aliphatic heterocycles. The molecule has 3 aromatic carbocycles. The first-order valence-electron chi connectivity index (χ1n) is 8.38. The minimum atomic E-state index is -3.80. The van der Waals surface area contributed by atoms with Gasteiger partial charge in [0, 0.05) is 10.7 Å². The molecule has 0 aromatic heterocycles. The molecule has 0 fully saturated rings. The van der Waals surface area contributed by atoms with E-state index in [1.807, 2.05) is 0 Å². The number of hydrogen-bond donors (Lipinski definition) is 2. The standard InChI is InChI=1S/C20H16ClFN2O4S/c21-14-2-1-3-17(12-14)24-29(26,27)19-10-6-16(7-11-19)23-20(25)13-28-18-8-4-15(22)5-9-18/h1-12,24H,13H2,(H,23,25). The van der Waals surface area contributed by atoms with Crippen molar-refractivity contribution in [1.82, 2.24) is 0 Å². The number of hydrogen-bond acceptors (Lipinski definition) is 4. The Labute approximate surface area is 172 Å². The highest BCUT2D eigenvalue weighted by Gasteiger charge is 2.14. The van der Waals surface area contributed by atoms with E-state index in [2.05, 4.69) is 10.0 Å². The molecule has 2 N–H and O–H groups in total. The van der Waals surface area contributed by atoms with E-state index in [9.17, 15) is 17.6 Å². The van der Waals surface area contributed by atoms with Gasteiger partial charge in [-0.3, -0.25) is 9.52 Å². The normalized spacial score (nSPS) is 11.0. The van der Waals surface area contributed by atoms with Crippen molar-refractivity contribution >= 4 is 38.9 Å². The summed E-state index contributed by atoms with van der Waals surface area (Å²) in [5.74, 6) is -0.487. The predicted molar refractivity (Wildman–Crippen MR) is 109 cm³/mol. The quantitative estimate of drug-likeness (QED) is 0.580. The Balaban J connectivity index is 1.58. The van der Waals surface area contributed by atoms with Crippen molar-refractivity contribution in [3.63, 3.8) is 0 Å². The molecule has 0 bridgehead atoms. The molecule has 0 spiro atoms. The van der Waals surface area contributed by atoms with Crippen LogP contribution in [0.1, 0.15) is 0 Å². The van der Waals surface area contributed by atoms with Crippen molar-refractivity contribution in [2.45, 2.75) is 4.90 Å². The van der Waals surface area contributed by atoms with Crippen LogP contribution in [0.5, 0.6) is 5.75 Å². The summed E-state index contributed by atoms with van der Waals surface area (Å²) in [5, 5.41) is 3.00. The highest BCUT2D eigenvalue weighted by molar-refractivity contribution is 7.92. The van der Waals surface area contributed by atoms with Crippen LogP contribution in [-0.2, 0) is 14.8 Å². The Kier molecular flexibility index (Phi) is 6.36. The topological polar surface area (TPSA) is 84.5 Å². The molecule has 9 heteroatoms. The maximum absolute atomic E-state index is 12.8. The first-order chi connectivity index (χ1) is 13.8. The SMILES string of the molecule is O=C(COc1ccc(F)cc1)Nc1ccc(S(=O)(=O)Nc2cccc(Cl)c2)cc1. The van der Waals surface area contributed by atoms with Gasteiger partial charge in [-0.25, -0.2) is 12.8 Å². The van der Waals surface area contributed by atoms with Crippen molar-refractivity contribution in [3.05, 3.63) is 83.6 Å². The van der Waals surface area contributed by atoms with Crippen LogP contribution in [-0.4, -0.2) is 20.9 Å². The Morgan fingerprint density at radius 2 is 1.66 bits per heavy atom. The molecule has 0 aliphatic rings. The minimum Gasteiger partial charge on any atom is -0.484 e. The fourth-order valence-electron chi connectivity index (χ4n) is 2.36. The Morgan fingerprint density at radius 1 is 0.966 bits per heavy atom. The number of halogens is 2. The van der Waals surface area contributed by atoms with Gasteiger partial charge >= 0.3 is 0 Å². The van der Waals surface area contributed by atoms with Gasteiger partial charge in [0.25, 0.3) is 15.9 Å². The number of sulfonamides is 1. The summed E-state index contributed by atoms with van der Waals surface area (Å²) in [4.78, 5) is 12.0. The molecule has 3 aromatic rings. The smallest absolute Gasteiger partial charge is 0.262 e. The third kappa shape index (κ3) is 5.94. The lowest BCUT2D eigenvalue weighted by molar-refractivity contribution is -0.118. The van der Waals surface area contributed by atoms with E-state index in [-0.39, 0.29) is 11.5 Å². The molecule has 150 valence electrons. The van der Waals surface area contributed by atoms with Crippen LogP contribution in [0, 0.1) is 5.82 Å². The Hall–Kier alpha value is -3.10. The molecule has 0 atom stereocenters. The second-order valence-electron chi connectivity index (χ2n) is 5.93. The molecule has 0 unspecified atom stereocenters. The van der Waals surface area contributed by atoms with Gasteiger partial charge in [-0.15, -0.1) is 0 Å². The van der Waals surface area contributed by atoms with E-state index >= 15 is 0 Å². The Morgan fingerprint density at radius 3 is 2.31 bits per heavy atom. The summed E-state index contributed by atoms with van der Waals surface area (Å²) in [7, 11) is -3.80. The van der Waals surface area contributed by atoms with Crippen molar-refractivity contribution in [3.8, 4) is 5.75 Å². The molecular weight excluding hydrogens is 419 g/mol. The van der Waals surface area contributed by atoms with Crippen LogP contribution in [0.25, 0.3) is 0 Å². The highest BCUT2D eigenvalue weighted by Crippen LogP contribution is 2.21. The fraction of sp³-hybridized carbons (Fsp3) is 0.0500. The summed E-state index contributed by atoms with van der Waals surface area (Å²) in [6.45, 7) is -0.276. The molecule has 0 radical (unpaired) electrons. The molecule has 0 saturated carbocycles. The number of nitrogens with one attached hydrogen (secondary N) is 2. The highest BCUT2D eigenvalue weighted by atomic mass is 35.5. The predicted octanol–water partition coefficient (Wildman–Crippen LogP) is 4.30. The van der Waals surface area contributed by atoms with Gasteiger partial charge in [0.05, 0.1) is 10.6 Å². The van der Waals surface area contributed by atoms with Gasteiger partial charge in [0.15, 0.2) is 6.61 Å². The van der Waals surface area contributed by atoms with E-state index in [0.29, 0.717) is 22.1 Å². The average Bonchev–Trinajstić information content (AvgIpc) is 2.68. The molecule has 0 aliphatic carbocycles. The summed E-state index contributed by atoms with van der Waals surface area (Å²) < 4.78 is 45.4. The van der Waals surface area contributed by atoms with Gasteiger partial charge in [0.2, 0.25) is 0 Å². The molecule has 6 nitrogen and oxygen atoms in total. The largest absolute Gasteiger partial charge is 0.484 e. The van der Waals surface area contributed by atoms with Crippen molar-refractivity contribution in [2.24, 2.45) is 0 Å². The monoisotopic (exact) mass is 434 g/mol. The lowest BCUT2D eigenvalue weighted by atomic mass is 10.3. The molecular formula is C20H16ClFN2O4S. The maximum Gasteiger partial charge on any atom is 0.262 e. The van der Waals surface area contributed by atoms with Gasteiger partial charge in [-0.05, 0) is 66.7 Å². The molecule has 1 amide bonds. The van der Waals surface area contributed by atoms with Crippen molar-refractivity contribution in [2.75, 3.05) is 16.6 Å². The van der Waals surface area contributed by atoms with Crippen LogP contribution in [0.2, 0.25) is 5.02 Å². The third-order valence-corrected chi connectivity index (χ3v) is 5.34. The average molecular weight is 435 g/mol. The molecule has 29 heavy (non-hydrogen) atoms. The second-order valence-corrected chi connectivity index (χ2v) is 8.05. The van der Waals surface area contributed by atoms with Crippen molar-refractivity contribution < 1.29 is 22.3 Å².